The van der Waals surface area contributed by atoms with Crippen LogP contribution in [0.4, 0.5) is 5.69 Å². The van der Waals surface area contributed by atoms with E-state index in [0.717, 1.165) is 38.2 Å². The molecule has 0 fully saturated rings. The number of nitrogens with zero attached hydrogens (tertiary/aromatic N) is 1. The van der Waals surface area contributed by atoms with Gasteiger partial charge >= 0.3 is 0 Å². The smallest absolute Gasteiger partial charge is 0.188 e. The lowest BCUT2D eigenvalue weighted by atomic mass is 10.3. The first-order valence-electron chi connectivity index (χ1n) is 6.65. The van der Waals surface area contributed by atoms with Crippen molar-refractivity contribution in [3.63, 3.8) is 0 Å². The number of guanidine groups is 1. The minimum absolute atomic E-state index is 0. The highest BCUT2D eigenvalue weighted by atomic mass is 127. The third-order valence-corrected chi connectivity index (χ3v) is 2.56. The van der Waals surface area contributed by atoms with Crippen LogP contribution in [0.1, 0.15) is 26.2 Å². The second-order valence-electron chi connectivity index (χ2n) is 4.19. The van der Waals surface area contributed by atoms with E-state index >= 15 is 0 Å². The van der Waals surface area contributed by atoms with Crippen molar-refractivity contribution in [2.45, 2.75) is 26.2 Å². The molecule has 1 rings (SSSR count). The molecule has 0 aliphatic heterocycles. The highest BCUT2D eigenvalue weighted by molar-refractivity contribution is 14.0. The Balaban J connectivity index is 0.00000324. The van der Waals surface area contributed by atoms with Gasteiger partial charge in [0.25, 0.3) is 0 Å². The Bertz CT molecular complexity index is 341. The van der Waals surface area contributed by atoms with Gasteiger partial charge in [0, 0.05) is 25.3 Å². The molecular weight excluding hydrogens is 351 g/mol. The summed E-state index contributed by atoms with van der Waals surface area (Å²) in [4.78, 5) is 4.27. The molecule has 0 atom stereocenters. The zero-order valence-electron chi connectivity index (χ0n) is 11.6. The Morgan fingerprint density at radius 2 is 1.89 bits per heavy atom. The number of hydrogen-bond donors (Lipinski definition) is 3. The van der Waals surface area contributed by atoms with E-state index in [-0.39, 0.29) is 24.0 Å². The molecule has 108 valence electrons. The fraction of sp³-hybridized carbons (Fsp3) is 0.500. The molecule has 19 heavy (non-hydrogen) atoms. The number of halogens is 1. The number of nitrogens with one attached hydrogen (secondary N) is 2. The van der Waals surface area contributed by atoms with Crippen molar-refractivity contribution in [3.8, 4) is 0 Å². The van der Waals surface area contributed by atoms with Gasteiger partial charge in [0.15, 0.2) is 5.96 Å². The molecule has 0 spiro atoms. The highest BCUT2D eigenvalue weighted by Crippen LogP contribution is 2.04. The predicted molar refractivity (Wildman–Crippen MR) is 94.4 cm³/mol. The molecular formula is C14H25IN4. The summed E-state index contributed by atoms with van der Waals surface area (Å²) in [7, 11) is 0. The number of nitrogens with two attached hydrogens (primary N) is 1. The van der Waals surface area contributed by atoms with Crippen LogP contribution in [0.25, 0.3) is 0 Å². The lowest BCUT2D eigenvalue weighted by Crippen LogP contribution is -2.32. The van der Waals surface area contributed by atoms with Crippen molar-refractivity contribution < 1.29 is 0 Å². The summed E-state index contributed by atoms with van der Waals surface area (Å²) in [6.45, 7) is 4.74. The third kappa shape index (κ3) is 9.58. The molecule has 0 unspecified atom stereocenters. The molecule has 1 aromatic carbocycles. The molecule has 0 heterocycles. The van der Waals surface area contributed by atoms with Crippen molar-refractivity contribution in [2.24, 2.45) is 10.7 Å². The minimum Gasteiger partial charge on any atom is -0.385 e. The number of anilines is 1. The summed E-state index contributed by atoms with van der Waals surface area (Å²) in [6.07, 6.45) is 3.28. The molecule has 0 radical (unpaired) electrons. The molecule has 0 aromatic heterocycles. The Kier molecular flexibility index (Phi) is 11.5. The summed E-state index contributed by atoms with van der Waals surface area (Å²) in [6, 6.07) is 10.2. The number of aliphatic imine (C=N–C) groups is 1. The molecule has 1 aromatic rings. The van der Waals surface area contributed by atoms with Crippen LogP contribution in [0.15, 0.2) is 35.3 Å². The molecule has 0 bridgehead atoms. The van der Waals surface area contributed by atoms with Crippen molar-refractivity contribution in [3.05, 3.63) is 30.3 Å². The minimum atomic E-state index is 0. The second kappa shape index (κ2) is 12.1. The van der Waals surface area contributed by atoms with Crippen LogP contribution in [0, 0.1) is 0 Å². The van der Waals surface area contributed by atoms with Gasteiger partial charge in [-0.25, -0.2) is 0 Å². The quantitative estimate of drug-likeness (QED) is 0.283. The lowest BCUT2D eigenvalue weighted by Gasteiger charge is -2.06. The molecule has 5 heteroatoms. The number of hydrogen-bond acceptors (Lipinski definition) is 2. The van der Waals surface area contributed by atoms with E-state index in [0.29, 0.717) is 5.96 Å². The molecule has 0 aliphatic rings. The zero-order valence-corrected chi connectivity index (χ0v) is 13.9. The summed E-state index contributed by atoms with van der Waals surface area (Å²) in [5.41, 5.74) is 6.87. The van der Waals surface area contributed by atoms with Gasteiger partial charge in [0.05, 0.1) is 0 Å². The van der Waals surface area contributed by atoms with E-state index in [1.807, 2.05) is 18.2 Å². The first-order valence-corrected chi connectivity index (χ1v) is 6.65. The van der Waals surface area contributed by atoms with Crippen LogP contribution in [-0.4, -0.2) is 25.6 Å². The van der Waals surface area contributed by atoms with Gasteiger partial charge in [-0.05, 0) is 25.0 Å². The molecule has 0 saturated carbocycles. The first-order chi connectivity index (χ1) is 8.83. The monoisotopic (exact) mass is 376 g/mol. The van der Waals surface area contributed by atoms with Crippen LogP contribution in [0.5, 0.6) is 0 Å². The molecule has 0 saturated heterocycles. The van der Waals surface area contributed by atoms with E-state index in [2.05, 4.69) is 34.7 Å². The number of benzene rings is 1. The topological polar surface area (TPSA) is 62.4 Å². The maximum absolute atomic E-state index is 5.73. The first kappa shape index (κ1) is 18.0. The van der Waals surface area contributed by atoms with Crippen molar-refractivity contribution in [1.29, 1.82) is 0 Å². The van der Waals surface area contributed by atoms with Crippen LogP contribution >= 0.6 is 24.0 Å². The SMILES string of the molecule is CCCCNC(N)=NCCCNc1ccccc1.I. The van der Waals surface area contributed by atoms with E-state index in [1.54, 1.807) is 0 Å². The summed E-state index contributed by atoms with van der Waals surface area (Å²) in [5, 5.41) is 6.44. The van der Waals surface area contributed by atoms with Gasteiger partial charge in [-0.1, -0.05) is 31.5 Å². The van der Waals surface area contributed by atoms with Gasteiger partial charge < -0.3 is 16.4 Å². The van der Waals surface area contributed by atoms with E-state index < -0.39 is 0 Å². The summed E-state index contributed by atoms with van der Waals surface area (Å²) >= 11 is 0. The van der Waals surface area contributed by atoms with E-state index in [4.69, 9.17) is 5.73 Å². The van der Waals surface area contributed by atoms with Gasteiger partial charge in [-0.2, -0.15) is 0 Å². The third-order valence-electron chi connectivity index (χ3n) is 2.56. The predicted octanol–water partition coefficient (Wildman–Crippen LogP) is 2.81. The fourth-order valence-electron chi connectivity index (χ4n) is 1.52. The summed E-state index contributed by atoms with van der Waals surface area (Å²) in [5.74, 6) is 0.558. The van der Waals surface area contributed by atoms with Gasteiger partial charge in [0.2, 0.25) is 0 Å². The van der Waals surface area contributed by atoms with E-state index in [1.165, 1.54) is 6.42 Å². The van der Waals surface area contributed by atoms with Crippen LogP contribution < -0.4 is 16.4 Å². The second-order valence-corrected chi connectivity index (χ2v) is 4.19. The molecule has 0 amide bonds. The highest BCUT2D eigenvalue weighted by Gasteiger charge is 1.91. The normalized spacial score (nSPS) is 10.7. The molecule has 4 N–H and O–H groups in total. The fourth-order valence-corrected chi connectivity index (χ4v) is 1.52. The summed E-state index contributed by atoms with van der Waals surface area (Å²) < 4.78 is 0. The number of para-hydroxylation sites is 1. The lowest BCUT2D eigenvalue weighted by molar-refractivity contribution is 0.746. The maximum Gasteiger partial charge on any atom is 0.188 e. The average molecular weight is 376 g/mol. The van der Waals surface area contributed by atoms with E-state index in [9.17, 15) is 0 Å². The van der Waals surface area contributed by atoms with Gasteiger partial charge in [-0.3, -0.25) is 4.99 Å². The van der Waals surface area contributed by atoms with Crippen molar-refractivity contribution in [1.82, 2.24) is 5.32 Å². The van der Waals surface area contributed by atoms with Crippen LogP contribution in [0.2, 0.25) is 0 Å². The Morgan fingerprint density at radius 1 is 1.16 bits per heavy atom. The Labute approximate surface area is 133 Å². The van der Waals surface area contributed by atoms with Crippen molar-refractivity contribution >= 4 is 35.6 Å². The average Bonchev–Trinajstić information content (AvgIpc) is 2.40. The Hall–Kier alpha value is -0.980. The van der Waals surface area contributed by atoms with Crippen molar-refractivity contribution in [2.75, 3.05) is 25.0 Å². The number of rotatable bonds is 8. The van der Waals surface area contributed by atoms with Crippen LogP contribution in [-0.2, 0) is 0 Å². The zero-order chi connectivity index (χ0) is 13.1. The number of unbranched alkanes of at least 4 members (excludes halogenated alkanes) is 1. The maximum atomic E-state index is 5.73. The van der Waals surface area contributed by atoms with Gasteiger partial charge in [-0.15, -0.1) is 24.0 Å². The standard InChI is InChI=1S/C14H24N4.HI/c1-2-3-10-17-14(15)18-12-7-11-16-13-8-5-4-6-9-13;/h4-6,8-9,16H,2-3,7,10-12H2,1H3,(H3,15,17,18);1H. The Morgan fingerprint density at radius 3 is 2.58 bits per heavy atom. The largest absolute Gasteiger partial charge is 0.385 e. The molecule has 0 aliphatic carbocycles. The molecule has 4 nitrogen and oxygen atoms in total. The van der Waals surface area contributed by atoms with Crippen LogP contribution in [0.3, 0.4) is 0 Å². The van der Waals surface area contributed by atoms with Gasteiger partial charge in [0.1, 0.15) is 0 Å².